The average molecular weight is 165 g/mol. The maximum atomic E-state index is 11.0. The summed E-state index contributed by atoms with van der Waals surface area (Å²) in [5, 5.41) is 0. The predicted octanol–water partition coefficient (Wildman–Crippen LogP) is 1.96. The second-order valence-corrected chi connectivity index (χ2v) is 4.29. The fraction of sp³-hybridized carbons (Fsp3) is 0.500. The van der Waals surface area contributed by atoms with E-state index in [4.69, 9.17) is 0 Å². The van der Waals surface area contributed by atoms with Crippen molar-refractivity contribution >= 4 is 0 Å². The van der Waals surface area contributed by atoms with Crippen LogP contribution in [0.2, 0.25) is 0 Å². The lowest BCUT2D eigenvalue weighted by Crippen LogP contribution is -2.12. The first-order valence-corrected chi connectivity index (χ1v) is 4.15. The van der Waals surface area contributed by atoms with E-state index < -0.39 is 0 Å². The Bertz CT molecular complexity index is 306. The Kier molecular flexibility index (Phi) is 2.36. The molecule has 0 saturated heterocycles. The van der Waals surface area contributed by atoms with Gasteiger partial charge in [-0.2, -0.15) is 0 Å². The Labute approximate surface area is 72.6 Å². The molecule has 1 aromatic heterocycles. The number of aromatic amines is 1. The van der Waals surface area contributed by atoms with Crippen LogP contribution in [-0.2, 0) is 6.42 Å². The molecule has 12 heavy (non-hydrogen) atoms. The molecule has 1 N–H and O–H groups in total. The lowest BCUT2D eigenvalue weighted by Gasteiger charge is -2.17. The van der Waals surface area contributed by atoms with Gasteiger partial charge < -0.3 is 4.98 Å². The zero-order chi connectivity index (χ0) is 9.19. The first-order chi connectivity index (χ1) is 5.47. The van der Waals surface area contributed by atoms with Crippen LogP contribution in [0.15, 0.2) is 23.1 Å². The third-order valence-corrected chi connectivity index (χ3v) is 1.55. The molecule has 1 rings (SSSR count). The predicted molar refractivity (Wildman–Crippen MR) is 50.2 cm³/mol. The van der Waals surface area contributed by atoms with E-state index >= 15 is 0 Å². The van der Waals surface area contributed by atoms with Crippen LogP contribution in [-0.4, -0.2) is 4.98 Å². The SMILES string of the molecule is CC(C)(C)Cc1cc(=O)cc[nH]1. The van der Waals surface area contributed by atoms with E-state index in [9.17, 15) is 4.79 Å². The van der Waals surface area contributed by atoms with Gasteiger partial charge in [-0.15, -0.1) is 0 Å². The van der Waals surface area contributed by atoms with Crippen molar-refractivity contribution in [1.29, 1.82) is 0 Å². The number of hydrogen-bond donors (Lipinski definition) is 1. The van der Waals surface area contributed by atoms with Gasteiger partial charge in [-0.1, -0.05) is 20.8 Å². The van der Waals surface area contributed by atoms with E-state index in [1.54, 1.807) is 12.3 Å². The molecule has 66 valence electrons. The maximum Gasteiger partial charge on any atom is 0.181 e. The summed E-state index contributed by atoms with van der Waals surface area (Å²) in [6, 6.07) is 3.19. The van der Waals surface area contributed by atoms with E-state index in [0.29, 0.717) is 0 Å². The van der Waals surface area contributed by atoms with Crippen LogP contribution in [0.1, 0.15) is 26.5 Å². The molecule has 2 heteroatoms. The van der Waals surface area contributed by atoms with Crippen LogP contribution < -0.4 is 5.43 Å². The molecule has 0 bridgehead atoms. The Morgan fingerprint density at radius 2 is 2.08 bits per heavy atom. The van der Waals surface area contributed by atoms with Crippen molar-refractivity contribution in [3.8, 4) is 0 Å². The summed E-state index contributed by atoms with van der Waals surface area (Å²) in [5.74, 6) is 0. The second kappa shape index (κ2) is 3.13. The van der Waals surface area contributed by atoms with Gasteiger partial charge in [-0.3, -0.25) is 4.79 Å². The van der Waals surface area contributed by atoms with Gasteiger partial charge in [0.05, 0.1) is 0 Å². The molecule has 0 saturated carbocycles. The van der Waals surface area contributed by atoms with E-state index in [-0.39, 0.29) is 10.8 Å². The fourth-order valence-electron chi connectivity index (χ4n) is 1.17. The first-order valence-electron chi connectivity index (χ1n) is 4.15. The van der Waals surface area contributed by atoms with Crippen LogP contribution >= 0.6 is 0 Å². The minimum absolute atomic E-state index is 0.0769. The van der Waals surface area contributed by atoms with E-state index in [0.717, 1.165) is 12.1 Å². The molecule has 1 heterocycles. The summed E-state index contributed by atoms with van der Waals surface area (Å²) in [4.78, 5) is 14.0. The molecule has 1 aromatic rings. The third kappa shape index (κ3) is 2.91. The molecular weight excluding hydrogens is 150 g/mol. The topological polar surface area (TPSA) is 32.9 Å². The first kappa shape index (κ1) is 9.04. The summed E-state index contributed by atoms with van der Waals surface area (Å²) >= 11 is 0. The molecule has 0 unspecified atom stereocenters. The van der Waals surface area contributed by atoms with Gasteiger partial charge in [0.25, 0.3) is 0 Å². The third-order valence-electron chi connectivity index (χ3n) is 1.55. The molecule has 0 radical (unpaired) electrons. The quantitative estimate of drug-likeness (QED) is 0.678. The Hall–Kier alpha value is -1.05. The van der Waals surface area contributed by atoms with Gasteiger partial charge >= 0.3 is 0 Å². The highest BCUT2D eigenvalue weighted by Gasteiger charge is 2.11. The number of H-pyrrole nitrogens is 1. The van der Waals surface area contributed by atoms with Gasteiger partial charge in [0.1, 0.15) is 0 Å². The van der Waals surface area contributed by atoms with Crippen molar-refractivity contribution in [3.63, 3.8) is 0 Å². The van der Waals surface area contributed by atoms with Gasteiger partial charge in [0.2, 0.25) is 0 Å². The highest BCUT2D eigenvalue weighted by atomic mass is 16.1. The molecule has 0 fully saturated rings. The largest absolute Gasteiger partial charge is 0.365 e. The normalized spacial score (nSPS) is 11.6. The van der Waals surface area contributed by atoms with Crippen molar-refractivity contribution in [2.45, 2.75) is 27.2 Å². The minimum atomic E-state index is 0.0769. The molecule has 0 aliphatic rings. The van der Waals surface area contributed by atoms with Gasteiger partial charge in [-0.05, 0) is 11.8 Å². The number of aromatic nitrogens is 1. The summed E-state index contributed by atoms with van der Waals surface area (Å²) in [7, 11) is 0. The molecule has 0 spiro atoms. The number of nitrogens with one attached hydrogen (secondary N) is 1. The van der Waals surface area contributed by atoms with Crippen LogP contribution in [0.3, 0.4) is 0 Å². The lowest BCUT2D eigenvalue weighted by atomic mass is 9.90. The van der Waals surface area contributed by atoms with E-state index in [2.05, 4.69) is 25.8 Å². The zero-order valence-corrected chi connectivity index (χ0v) is 7.85. The van der Waals surface area contributed by atoms with E-state index in [1.807, 2.05) is 0 Å². The zero-order valence-electron chi connectivity index (χ0n) is 7.85. The van der Waals surface area contributed by atoms with Crippen molar-refractivity contribution in [2.75, 3.05) is 0 Å². The summed E-state index contributed by atoms with van der Waals surface area (Å²) < 4.78 is 0. The van der Waals surface area contributed by atoms with Crippen LogP contribution in [0.4, 0.5) is 0 Å². The maximum absolute atomic E-state index is 11.0. The smallest absolute Gasteiger partial charge is 0.181 e. The van der Waals surface area contributed by atoms with Crippen molar-refractivity contribution in [2.24, 2.45) is 5.41 Å². The van der Waals surface area contributed by atoms with Crippen molar-refractivity contribution in [1.82, 2.24) is 4.98 Å². The van der Waals surface area contributed by atoms with Crippen LogP contribution in [0.25, 0.3) is 0 Å². The summed E-state index contributed by atoms with van der Waals surface area (Å²) in [6.45, 7) is 6.45. The Balaban J connectivity index is 2.84. The molecule has 0 aliphatic carbocycles. The average Bonchev–Trinajstić information content (AvgIpc) is 1.82. The highest BCUT2D eigenvalue weighted by molar-refractivity contribution is 5.05. The van der Waals surface area contributed by atoms with Gasteiger partial charge in [0.15, 0.2) is 5.43 Å². The molecule has 0 atom stereocenters. The Morgan fingerprint density at radius 3 is 2.58 bits per heavy atom. The molecule has 0 amide bonds. The molecule has 0 aliphatic heterocycles. The standard InChI is InChI=1S/C10H15NO/c1-10(2,3)7-8-6-9(12)4-5-11-8/h4-6H,7H2,1-3H3,(H,11,12). The molecular formula is C10H15NO. The van der Waals surface area contributed by atoms with E-state index in [1.165, 1.54) is 6.07 Å². The second-order valence-electron chi connectivity index (χ2n) is 4.29. The van der Waals surface area contributed by atoms with Crippen LogP contribution in [0.5, 0.6) is 0 Å². The van der Waals surface area contributed by atoms with Crippen molar-refractivity contribution < 1.29 is 0 Å². The van der Waals surface area contributed by atoms with Gasteiger partial charge in [0, 0.05) is 24.0 Å². The fourth-order valence-corrected chi connectivity index (χ4v) is 1.17. The number of rotatable bonds is 1. The highest BCUT2D eigenvalue weighted by Crippen LogP contribution is 2.17. The Morgan fingerprint density at radius 1 is 1.42 bits per heavy atom. The number of pyridine rings is 1. The van der Waals surface area contributed by atoms with Gasteiger partial charge in [-0.25, -0.2) is 0 Å². The van der Waals surface area contributed by atoms with Crippen molar-refractivity contribution in [3.05, 3.63) is 34.2 Å². The summed E-state index contributed by atoms with van der Waals surface area (Å²) in [6.07, 6.45) is 2.60. The monoisotopic (exact) mass is 165 g/mol. The minimum Gasteiger partial charge on any atom is -0.365 e. The lowest BCUT2D eigenvalue weighted by molar-refractivity contribution is 0.406. The number of hydrogen-bond acceptors (Lipinski definition) is 1. The molecule has 2 nitrogen and oxygen atoms in total. The summed E-state index contributed by atoms with van der Waals surface area (Å²) in [5.41, 5.74) is 1.31. The van der Waals surface area contributed by atoms with Crippen LogP contribution in [0, 0.1) is 5.41 Å². The molecule has 0 aromatic carbocycles.